The van der Waals surface area contributed by atoms with Crippen LogP contribution in [0.25, 0.3) is 0 Å². The maximum absolute atomic E-state index is 7.71. The van der Waals surface area contributed by atoms with Gasteiger partial charge in [0.05, 0.1) is 0 Å². The van der Waals surface area contributed by atoms with Crippen LogP contribution in [0.5, 0.6) is 0 Å². The first kappa shape index (κ1) is 3.38. The number of likely N-dealkylation sites (tertiary alicyclic amines) is 1. The fourth-order valence-corrected chi connectivity index (χ4v) is 0.823. The lowest BCUT2D eigenvalue weighted by Crippen LogP contribution is -2.38. The van der Waals surface area contributed by atoms with Gasteiger partial charge < -0.3 is 0 Å². The van der Waals surface area contributed by atoms with E-state index in [4.69, 9.17) is 5.48 Å². The second kappa shape index (κ2) is 2.30. The quantitative estimate of drug-likeness (QED) is 0.485. The fraction of sp³-hybridized carbons (Fsp3) is 1.00. The molecule has 0 saturated carbocycles. The Morgan fingerprint density at radius 3 is 2.33 bits per heavy atom. The van der Waals surface area contributed by atoms with E-state index in [-0.39, 0.29) is 12.0 Å². The summed E-state index contributed by atoms with van der Waals surface area (Å²) in [6.45, 7) is 3.39. The molecule has 1 fully saturated rings. The third kappa shape index (κ3) is 1.68. The van der Waals surface area contributed by atoms with Gasteiger partial charge in [0.1, 0.15) is 0 Å². The molecule has 1 aliphatic heterocycles. The molecule has 1 heteroatoms. The van der Waals surface area contributed by atoms with Gasteiger partial charge in [0, 0.05) is 11.0 Å². The Labute approximate surface area is 63.7 Å². The fourth-order valence-electron chi connectivity index (χ4n) is 0.823. The first-order valence-corrected chi connectivity index (χ1v) is 3.30. The minimum Gasteiger partial charge on any atom is -0.298 e. The van der Waals surface area contributed by atoms with E-state index in [1.54, 1.807) is 0 Å². The molecule has 0 bridgehead atoms. The van der Waals surface area contributed by atoms with Crippen molar-refractivity contribution in [1.82, 2.24) is 4.90 Å². The molecule has 1 rings (SSSR count). The van der Waals surface area contributed by atoms with E-state index in [2.05, 4.69) is 0 Å². The van der Waals surface area contributed by atoms with Gasteiger partial charge in [-0.25, -0.2) is 0 Å². The normalized spacial score (nSPS) is 51.4. The Kier molecular flexibility index (Phi) is 0.862. The van der Waals surface area contributed by atoms with Gasteiger partial charge in [0.15, 0.2) is 0 Å². The largest absolute Gasteiger partial charge is 0.298 e. The highest BCUT2D eigenvalue weighted by molar-refractivity contribution is 4.79. The third-order valence-electron chi connectivity index (χ3n) is 1.36. The first-order chi connectivity index (χ1) is 5.66. The summed E-state index contributed by atoms with van der Waals surface area (Å²) in [5, 5.41) is 0. The lowest BCUT2D eigenvalue weighted by Gasteiger charge is -2.31. The molecule has 1 saturated heterocycles. The van der Waals surface area contributed by atoms with Crippen LogP contribution in [0.1, 0.15) is 39.1 Å². The predicted octanol–water partition coefficient (Wildman–Crippen LogP) is 1.88. The van der Waals surface area contributed by atoms with Crippen molar-refractivity contribution in [3.8, 4) is 0 Å². The first-order valence-electron chi connectivity index (χ1n) is 5.46. The van der Waals surface area contributed by atoms with Gasteiger partial charge in [0.25, 0.3) is 0 Å². The molecule has 0 N–H and O–H groups in total. The summed E-state index contributed by atoms with van der Waals surface area (Å²) in [6, 6.07) is 0. The van der Waals surface area contributed by atoms with Crippen molar-refractivity contribution in [3.63, 3.8) is 0 Å². The summed E-state index contributed by atoms with van der Waals surface area (Å²) in [7, 11) is 0. The molecule has 2 unspecified atom stereocenters. The molecule has 0 spiro atoms. The van der Waals surface area contributed by atoms with E-state index >= 15 is 0 Å². The Hall–Kier alpha value is -0.0400. The average Bonchev–Trinajstić information content (AvgIpc) is 1.99. The number of hydrogen-bond acceptors (Lipinski definition) is 1. The van der Waals surface area contributed by atoms with Crippen molar-refractivity contribution in [1.29, 1.82) is 0 Å². The molecular weight excluding hydrogens is 110 g/mol. The molecule has 1 nitrogen and oxygen atoms in total. The van der Waals surface area contributed by atoms with Crippen LogP contribution in [0.3, 0.4) is 0 Å². The molecule has 0 radical (unpaired) electrons. The van der Waals surface area contributed by atoms with Crippen molar-refractivity contribution in [3.05, 3.63) is 0 Å². The van der Waals surface area contributed by atoms with Crippen LogP contribution in [0.15, 0.2) is 0 Å². The van der Waals surface area contributed by atoms with Gasteiger partial charge in [0.2, 0.25) is 0 Å². The van der Waals surface area contributed by atoms with Crippen LogP contribution in [-0.2, 0) is 0 Å². The van der Waals surface area contributed by atoms with Crippen molar-refractivity contribution in [2.24, 2.45) is 0 Å². The second-order valence-corrected chi connectivity index (χ2v) is 3.29. The molecule has 0 aliphatic carbocycles. The molecule has 2 atom stereocenters. The van der Waals surface area contributed by atoms with E-state index < -0.39 is 19.4 Å². The predicted molar refractivity (Wildman–Crippen MR) is 40.6 cm³/mol. The van der Waals surface area contributed by atoms with E-state index in [9.17, 15) is 0 Å². The Bertz CT molecular complexity index is 199. The Balaban J connectivity index is 2.94. The third-order valence-corrected chi connectivity index (χ3v) is 1.36. The van der Waals surface area contributed by atoms with Crippen LogP contribution >= 0.6 is 0 Å². The summed E-state index contributed by atoms with van der Waals surface area (Å²) in [6.07, 6.45) is -0.493. The molecule has 1 aliphatic rings. The van der Waals surface area contributed by atoms with Gasteiger partial charge >= 0.3 is 0 Å². The monoisotopic (exact) mass is 131 g/mol. The minimum absolute atomic E-state index is 0.137. The molecule has 54 valence electrons. The molecule has 0 aromatic heterocycles. The van der Waals surface area contributed by atoms with Crippen molar-refractivity contribution in [2.45, 2.75) is 39.1 Å². The van der Waals surface area contributed by atoms with E-state index in [0.29, 0.717) is 0 Å². The van der Waals surface area contributed by atoms with Gasteiger partial charge in [-0.05, 0) is 46.6 Å². The summed E-state index contributed by atoms with van der Waals surface area (Å²) in [4.78, 5) is 1.48. The van der Waals surface area contributed by atoms with Gasteiger partial charge in [-0.3, -0.25) is 4.90 Å². The lowest BCUT2D eigenvalue weighted by atomic mass is 10.1. The van der Waals surface area contributed by atoms with Crippen molar-refractivity contribution in [2.75, 3.05) is 13.0 Å². The van der Waals surface area contributed by atoms with Crippen LogP contribution in [-0.4, -0.2) is 23.5 Å². The zero-order chi connectivity index (χ0) is 10.4. The zero-order valence-electron chi connectivity index (χ0n) is 10.3. The standard InChI is InChI=1S/C8H17N/c1-8(2,3)9-6-4-5-7-9/h4-7H2,1-3H3/i4D,6D,7D2. The molecular formula is C8H17N. The molecule has 0 aromatic carbocycles. The number of nitrogens with zero attached hydrogens (tertiary/aromatic N) is 1. The topological polar surface area (TPSA) is 3.24 Å². The van der Waals surface area contributed by atoms with Crippen LogP contribution in [0, 0.1) is 0 Å². The second-order valence-electron chi connectivity index (χ2n) is 3.29. The van der Waals surface area contributed by atoms with Gasteiger partial charge in [-0.1, -0.05) is 0 Å². The smallest absolute Gasteiger partial charge is 0.0431 e. The van der Waals surface area contributed by atoms with Gasteiger partial charge in [-0.2, -0.15) is 0 Å². The molecule has 1 heterocycles. The summed E-state index contributed by atoms with van der Waals surface area (Å²) >= 11 is 0. The highest BCUT2D eigenvalue weighted by Gasteiger charge is 2.23. The maximum atomic E-state index is 7.71. The van der Waals surface area contributed by atoms with E-state index in [1.807, 2.05) is 20.8 Å². The lowest BCUT2D eigenvalue weighted by molar-refractivity contribution is 0.175. The SMILES string of the molecule is [2H]C1CC([2H])([2H])N(C(C)(C)C)C1[2H]. The maximum Gasteiger partial charge on any atom is 0.0431 e. The Morgan fingerprint density at radius 2 is 2.11 bits per heavy atom. The Morgan fingerprint density at radius 1 is 1.44 bits per heavy atom. The average molecular weight is 131 g/mol. The number of rotatable bonds is 0. The van der Waals surface area contributed by atoms with E-state index in [1.165, 1.54) is 4.90 Å². The summed E-state index contributed by atoms with van der Waals surface area (Å²) < 4.78 is 30.7. The molecule has 0 aromatic rings. The summed E-state index contributed by atoms with van der Waals surface area (Å²) in [5.41, 5.74) is -0.383. The van der Waals surface area contributed by atoms with Crippen molar-refractivity contribution >= 4 is 0 Å². The molecule has 9 heavy (non-hydrogen) atoms. The van der Waals surface area contributed by atoms with Crippen LogP contribution in [0.4, 0.5) is 0 Å². The van der Waals surface area contributed by atoms with Crippen LogP contribution in [0.2, 0.25) is 0 Å². The minimum atomic E-state index is -1.50. The van der Waals surface area contributed by atoms with E-state index in [0.717, 1.165) is 0 Å². The van der Waals surface area contributed by atoms with Gasteiger partial charge in [-0.15, -0.1) is 0 Å². The molecule has 0 amide bonds. The highest BCUT2D eigenvalue weighted by Crippen LogP contribution is 2.19. The summed E-state index contributed by atoms with van der Waals surface area (Å²) in [5.74, 6) is 0. The zero-order valence-corrected chi connectivity index (χ0v) is 6.31. The van der Waals surface area contributed by atoms with Crippen LogP contribution < -0.4 is 0 Å². The highest BCUT2D eigenvalue weighted by atomic mass is 15.2. The number of hydrogen-bond donors (Lipinski definition) is 0. The van der Waals surface area contributed by atoms with Crippen molar-refractivity contribution < 1.29 is 5.48 Å².